The highest BCUT2D eigenvalue weighted by molar-refractivity contribution is 5.79. The molecule has 3 atom stereocenters. The lowest BCUT2D eigenvalue weighted by Crippen LogP contribution is -2.50. The van der Waals surface area contributed by atoms with Gasteiger partial charge in [0.2, 0.25) is 0 Å². The predicted molar refractivity (Wildman–Crippen MR) is 39.4 cm³/mol. The van der Waals surface area contributed by atoms with E-state index in [0.29, 0.717) is 0 Å². The number of ether oxygens (including phenoxy) is 1. The first kappa shape index (κ1) is 8.31. The minimum atomic E-state index is -1.19. The normalized spacial score (nSPS) is 36.6. The van der Waals surface area contributed by atoms with E-state index in [1.54, 1.807) is 0 Å². The molecule has 0 aromatic rings. The monoisotopic (exact) mass is 187 g/mol. The molecule has 2 heterocycles. The fourth-order valence-corrected chi connectivity index (χ4v) is 1.66. The molecular formula is C7H9NO5. The molecule has 6 nitrogen and oxygen atoms in total. The number of rotatable bonds is 1. The SMILES string of the molecule is O=C(O)C1CC2OC2CN1C(=O)O. The minimum absolute atomic E-state index is 0.0447. The van der Waals surface area contributed by atoms with Gasteiger partial charge in [-0.05, 0) is 0 Å². The van der Waals surface area contributed by atoms with Crippen LogP contribution in [0.3, 0.4) is 0 Å². The topological polar surface area (TPSA) is 90.4 Å². The summed E-state index contributed by atoms with van der Waals surface area (Å²) in [4.78, 5) is 22.2. The molecule has 3 unspecified atom stereocenters. The average molecular weight is 187 g/mol. The maximum atomic E-state index is 10.7. The lowest BCUT2D eigenvalue weighted by atomic mass is 10.0. The summed E-state index contributed by atoms with van der Waals surface area (Å²) < 4.78 is 5.07. The van der Waals surface area contributed by atoms with Gasteiger partial charge in [-0.25, -0.2) is 9.59 Å². The summed E-state index contributed by atoms with van der Waals surface area (Å²) in [6.07, 6.45) is -1.04. The van der Waals surface area contributed by atoms with E-state index in [-0.39, 0.29) is 25.2 Å². The number of carboxylic acids is 1. The van der Waals surface area contributed by atoms with Gasteiger partial charge in [-0.2, -0.15) is 0 Å². The van der Waals surface area contributed by atoms with Crippen molar-refractivity contribution in [1.29, 1.82) is 0 Å². The number of carbonyl (C=O) groups is 2. The molecule has 0 saturated carbocycles. The first-order valence-corrected chi connectivity index (χ1v) is 3.97. The van der Waals surface area contributed by atoms with Crippen LogP contribution in [0.5, 0.6) is 0 Å². The van der Waals surface area contributed by atoms with Crippen molar-refractivity contribution >= 4 is 12.1 Å². The van der Waals surface area contributed by atoms with E-state index in [4.69, 9.17) is 14.9 Å². The molecule has 0 aliphatic carbocycles. The van der Waals surface area contributed by atoms with E-state index in [1.807, 2.05) is 0 Å². The van der Waals surface area contributed by atoms with Crippen LogP contribution in [0.1, 0.15) is 6.42 Å². The number of likely N-dealkylation sites (tertiary alicyclic amines) is 1. The molecule has 0 aromatic heterocycles. The molecule has 2 N–H and O–H groups in total. The molecule has 2 aliphatic rings. The van der Waals surface area contributed by atoms with Crippen LogP contribution in [0.15, 0.2) is 0 Å². The number of hydrogen-bond acceptors (Lipinski definition) is 3. The van der Waals surface area contributed by atoms with Crippen LogP contribution < -0.4 is 0 Å². The van der Waals surface area contributed by atoms with Crippen molar-refractivity contribution in [2.24, 2.45) is 0 Å². The Morgan fingerprint density at radius 1 is 1.31 bits per heavy atom. The number of epoxide rings is 1. The quantitative estimate of drug-likeness (QED) is 0.544. The van der Waals surface area contributed by atoms with Crippen LogP contribution in [0, 0.1) is 0 Å². The van der Waals surface area contributed by atoms with Gasteiger partial charge in [0.1, 0.15) is 12.1 Å². The Kier molecular flexibility index (Phi) is 1.66. The van der Waals surface area contributed by atoms with Crippen molar-refractivity contribution in [2.75, 3.05) is 6.54 Å². The Morgan fingerprint density at radius 3 is 2.54 bits per heavy atom. The first-order chi connectivity index (χ1) is 6.09. The van der Waals surface area contributed by atoms with Gasteiger partial charge < -0.3 is 14.9 Å². The second-order valence-corrected chi connectivity index (χ2v) is 3.24. The van der Waals surface area contributed by atoms with Gasteiger partial charge in [0.05, 0.1) is 12.6 Å². The Labute approximate surface area is 73.7 Å². The zero-order chi connectivity index (χ0) is 9.59. The van der Waals surface area contributed by atoms with Gasteiger partial charge in [-0.1, -0.05) is 0 Å². The third-order valence-corrected chi connectivity index (χ3v) is 2.43. The summed E-state index contributed by atoms with van der Waals surface area (Å²) in [5.41, 5.74) is 0. The summed E-state index contributed by atoms with van der Waals surface area (Å²) in [6, 6.07) is -0.943. The lowest BCUT2D eigenvalue weighted by molar-refractivity contribution is -0.143. The van der Waals surface area contributed by atoms with Crippen molar-refractivity contribution in [3.8, 4) is 0 Å². The molecule has 2 aliphatic heterocycles. The van der Waals surface area contributed by atoms with E-state index < -0.39 is 18.1 Å². The number of aliphatic carboxylic acids is 1. The van der Waals surface area contributed by atoms with Gasteiger partial charge in [-0.3, -0.25) is 4.90 Å². The first-order valence-electron chi connectivity index (χ1n) is 3.97. The molecule has 1 amide bonds. The van der Waals surface area contributed by atoms with Gasteiger partial charge in [0, 0.05) is 6.42 Å². The lowest BCUT2D eigenvalue weighted by Gasteiger charge is -2.27. The highest BCUT2D eigenvalue weighted by Gasteiger charge is 2.51. The van der Waals surface area contributed by atoms with Crippen LogP contribution in [0.25, 0.3) is 0 Å². The summed E-state index contributed by atoms with van der Waals surface area (Å²) in [5, 5.41) is 17.4. The van der Waals surface area contributed by atoms with Crippen molar-refractivity contribution in [3.05, 3.63) is 0 Å². The van der Waals surface area contributed by atoms with Crippen LogP contribution in [0.2, 0.25) is 0 Å². The second kappa shape index (κ2) is 2.59. The predicted octanol–water partition coefficient (Wildman–Crippen LogP) is -0.409. The highest BCUT2D eigenvalue weighted by Crippen LogP contribution is 2.34. The molecule has 0 bridgehead atoms. The molecule has 0 radical (unpaired) electrons. The average Bonchev–Trinajstić information content (AvgIpc) is 2.78. The molecule has 13 heavy (non-hydrogen) atoms. The fourth-order valence-electron chi connectivity index (χ4n) is 1.66. The molecule has 2 saturated heterocycles. The molecular weight excluding hydrogens is 178 g/mol. The van der Waals surface area contributed by atoms with Crippen LogP contribution >= 0.6 is 0 Å². The Hall–Kier alpha value is -1.30. The van der Waals surface area contributed by atoms with Gasteiger partial charge in [-0.15, -0.1) is 0 Å². The zero-order valence-corrected chi connectivity index (χ0v) is 6.71. The van der Waals surface area contributed by atoms with Crippen LogP contribution in [-0.2, 0) is 9.53 Å². The molecule has 72 valence electrons. The largest absolute Gasteiger partial charge is 0.480 e. The van der Waals surface area contributed by atoms with Crippen molar-refractivity contribution < 1.29 is 24.5 Å². The van der Waals surface area contributed by atoms with Gasteiger partial charge in [0.15, 0.2) is 0 Å². The van der Waals surface area contributed by atoms with E-state index >= 15 is 0 Å². The molecule has 2 fully saturated rings. The van der Waals surface area contributed by atoms with Gasteiger partial charge in [0.25, 0.3) is 0 Å². The van der Waals surface area contributed by atoms with Crippen LogP contribution in [-0.4, -0.2) is 52.0 Å². The number of piperidine rings is 1. The molecule has 0 spiro atoms. The van der Waals surface area contributed by atoms with E-state index in [9.17, 15) is 9.59 Å². The maximum absolute atomic E-state index is 10.7. The Bertz CT molecular complexity index is 240. The van der Waals surface area contributed by atoms with E-state index in [0.717, 1.165) is 4.90 Å². The summed E-state index contributed by atoms with van der Waals surface area (Å²) in [5.74, 6) is -1.10. The third-order valence-electron chi connectivity index (χ3n) is 2.43. The van der Waals surface area contributed by atoms with Crippen molar-refractivity contribution in [2.45, 2.75) is 24.7 Å². The fraction of sp³-hybridized carbons (Fsp3) is 0.714. The number of carboxylic acid groups (broad SMARTS) is 2. The standard InChI is InChI=1S/C7H9NO5/c9-6(10)3-1-4-5(13-4)2-8(3)7(11)12/h3-5H,1-2H2,(H,9,10)(H,11,12). The number of nitrogens with zero attached hydrogens (tertiary/aromatic N) is 1. The minimum Gasteiger partial charge on any atom is -0.480 e. The smallest absolute Gasteiger partial charge is 0.408 e. The number of amides is 1. The second-order valence-electron chi connectivity index (χ2n) is 3.24. The molecule has 2 rings (SSSR count). The molecule has 0 aromatic carbocycles. The summed E-state index contributed by atoms with van der Waals surface area (Å²) in [7, 11) is 0. The summed E-state index contributed by atoms with van der Waals surface area (Å²) >= 11 is 0. The molecule has 6 heteroatoms. The Morgan fingerprint density at radius 2 is 2.00 bits per heavy atom. The highest BCUT2D eigenvalue weighted by atomic mass is 16.6. The Balaban J connectivity index is 2.12. The van der Waals surface area contributed by atoms with Gasteiger partial charge >= 0.3 is 12.1 Å². The third kappa shape index (κ3) is 1.33. The summed E-state index contributed by atoms with van der Waals surface area (Å²) in [6.45, 7) is 0.178. The van der Waals surface area contributed by atoms with E-state index in [2.05, 4.69) is 0 Å². The van der Waals surface area contributed by atoms with E-state index in [1.165, 1.54) is 0 Å². The van der Waals surface area contributed by atoms with Crippen LogP contribution in [0.4, 0.5) is 4.79 Å². The van der Waals surface area contributed by atoms with Crippen molar-refractivity contribution in [3.63, 3.8) is 0 Å². The number of hydrogen-bond donors (Lipinski definition) is 2. The zero-order valence-electron chi connectivity index (χ0n) is 6.71. The van der Waals surface area contributed by atoms with Crippen molar-refractivity contribution in [1.82, 2.24) is 4.90 Å². The maximum Gasteiger partial charge on any atom is 0.408 e. The number of fused-ring (bicyclic) bond motifs is 1.